The Morgan fingerprint density at radius 2 is 1.12 bits per heavy atom. The maximum absolute atomic E-state index is 11.5. The molecule has 6 heteroatoms. The Balaban J connectivity index is 2.88. The highest BCUT2D eigenvalue weighted by Gasteiger charge is 2.26. The molecular formula is C18H20O6. The number of ether oxygens (including phenoxy) is 4. The van der Waals surface area contributed by atoms with Gasteiger partial charge >= 0.3 is 11.9 Å². The lowest BCUT2D eigenvalue weighted by atomic mass is 10.1. The van der Waals surface area contributed by atoms with Gasteiger partial charge in [-0.3, -0.25) is 9.59 Å². The van der Waals surface area contributed by atoms with E-state index in [1.54, 1.807) is 38.1 Å². The van der Waals surface area contributed by atoms with Crippen molar-refractivity contribution < 1.29 is 28.5 Å². The first-order valence-electron chi connectivity index (χ1n) is 7.70. The van der Waals surface area contributed by atoms with Crippen molar-refractivity contribution in [2.24, 2.45) is 0 Å². The van der Waals surface area contributed by atoms with Crippen molar-refractivity contribution in [3.8, 4) is 23.0 Å². The summed E-state index contributed by atoms with van der Waals surface area (Å²) >= 11 is 0. The molecule has 0 aromatic heterocycles. The maximum Gasteiger partial charge on any atom is 0.308 e. The van der Waals surface area contributed by atoms with Gasteiger partial charge in [0.25, 0.3) is 0 Å². The third-order valence-electron chi connectivity index (χ3n) is 3.10. The first-order valence-corrected chi connectivity index (χ1v) is 7.70. The molecule has 2 aromatic rings. The van der Waals surface area contributed by atoms with Gasteiger partial charge in [-0.2, -0.15) is 0 Å². The number of hydrogen-bond acceptors (Lipinski definition) is 6. The fourth-order valence-corrected chi connectivity index (χ4v) is 2.37. The van der Waals surface area contributed by atoms with Gasteiger partial charge in [0.05, 0.1) is 13.2 Å². The first-order chi connectivity index (χ1) is 11.5. The third kappa shape index (κ3) is 3.59. The van der Waals surface area contributed by atoms with Crippen molar-refractivity contribution in [3.63, 3.8) is 0 Å². The minimum absolute atomic E-state index is 0.240. The molecule has 24 heavy (non-hydrogen) atoms. The molecule has 128 valence electrons. The van der Waals surface area contributed by atoms with Crippen LogP contribution in [0.2, 0.25) is 0 Å². The Hall–Kier alpha value is -2.76. The van der Waals surface area contributed by atoms with Crippen LogP contribution in [0.3, 0.4) is 0 Å². The quantitative estimate of drug-likeness (QED) is 0.596. The van der Waals surface area contributed by atoms with Crippen LogP contribution in [0.15, 0.2) is 24.3 Å². The van der Waals surface area contributed by atoms with Crippen LogP contribution in [-0.2, 0) is 9.59 Å². The number of carbonyl (C=O) groups is 2. The summed E-state index contributed by atoms with van der Waals surface area (Å²) in [5.41, 5.74) is 0. The van der Waals surface area contributed by atoms with Gasteiger partial charge in [0.1, 0.15) is 0 Å². The Morgan fingerprint density at radius 3 is 1.42 bits per heavy atom. The van der Waals surface area contributed by atoms with Crippen molar-refractivity contribution in [1.82, 2.24) is 0 Å². The molecule has 0 aliphatic heterocycles. The number of fused-ring (bicyclic) bond motifs is 1. The van der Waals surface area contributed by atoms with E-state index in [4.69, 9.17) is 18.9 Å². The standard InChI is InChI=1S/C18H20O6/c1-5-21-17-15(23-11(3)19)13-9-7-8-10-14(13)16(24-12(4)20)18(17)22-6-2/h7-10H,5-6H2,1-4H3. The SMILES string of the molecule is CCOc1c(OCC)c(OC(C)=O)c2ccccc2c1OC(C)=O. The highest BCUT2D eigenvalue weighted by Crippen LogP contribution is 2.51. The van der Waals surface area contributed by atoms with Gasteiger partial charge in [0.2, 0.25) is 11.5 Å². The van der Waals surface area contributed by atoms with Crippen LogP contribution >= 0.6 is 0 Å². The van der Waals surface area contributed by atoms with Gasteiger partial charge in [-0.1, -0.05) is 24.3 Å². The Morgan fingerprint density at radius 1 is 0.750 bits per heavy atom. The number of esters is 2. The van der Waals surface area contributed by atoms with Crippen LogP contribution in [0.1, 0.15) is 27.7 Å². The molecule has 2 rings (SSSR count). The second-order valence-corrected chi connectivity index (χ2v) is 4.92. The fourth-order valence-electron chi connectivity index (χ4n) is 2.37. The number of rotatable bonds is 6. The second-order valence-electron chi connectivity index (χ2n) is 4.92. The van der Waals surface area contributed by atoms with E-state index in [0.717, 1.165) is 0 Å². The molecule has 0 fully saturated rings. The molecule has 0 N–H and O–H groups in total. The summed E-state index contributed by atoms with van der Waals surface area (Å²) < 4.78 is 22.1. The molecule has 0 saturated heterocycles. The minimum Gasteiger partial charge on any atom is -0.487 e. The summed E-state index contributed by atoms with van der Waals surface area (Å²) in [4.78, 5) is 23.1. The highest BCUT2D eigenvalue weighted by molar-refractivity contribution is 6.01. The van der Waals surface area contributed by atoms with E-state index in [0.29, 0.717) is 24.0 Å². The van der Waals surface area contributed by atoms with Gasteiger partial charge in [0.15, 0.2) is 11.5 Å². The van der Waals surface area contributed by atoms with E-state index >= 15 is 0 Å². The van der Waals surface area contributed by atoms with E-state index < -0.39 is 11.9 Å². The minimum atomic E-state index is -0.483. The van der Waals surface area contributed by atoms with E-state index in [1.807, 2.05) is 0 Å². The van der Waals surface area contributed by atoms with Crippen LogP contribution in [0.5, 0.6) is 23.0 Å². The van der Waals surface area contributed by atoms with Crippen molar-refractivity contribution in [2.45, 2.75) is 27.7 Å². The van der Waals surface area contributed by atoms with Crippen LogP contribution in [0.4, 0.5) is 0 Å². The molecule has 6 nitrogen and oxygen atoms in total. The molecule has 0 aliphatic carbocycles. The monoisotopic (exact) mass is 332 g/mol. The molecule has 0 bridgehead atoms. The lowest BCUT2D eigenvalue weighted by molar-refractivity contribution is -0.133. The zero-order valence-corrected chi connectivity index (χ0v) is 14.2. The maximum atomic E-state index is 11.5. The Bertz CT molecular complexity index is 701. The van der Waals surface area contributed by atoms with E-state index in [2.05, 4.69) is 0 Å². The molecule has 2 aromatic carbocycles. The zero-order chi connectivity index (χ0) is 17.7. The van der Waals surface area contributed by atoms with E-state index in [1.165, 1.54) is 13.8 Å². The molecular weight excluding hydrogens is 312 g/mol. The molecule has 0 atom stereocenters. The predicted molar refractivity (Wildman–Crippen MR) is 88.9 cm³/mol. The number of benzene rings is 2. The van der Waals surface area contributed by atoms with Crippen molar-refractivity contribution >= 4 is 22.7 Å². The lowest BCUT2D eigenvalue weighted by Crippen LogP contribution is -2.10. The molecule has 0 aliphatic rings. The van der Waals surface area contributed by atoms with Crippen LogP contribution in [0.25, 0.3) is 10.8 Å². The molecule has 0 saturated carbocycles. The topological polar surface area (TPSA) is 71.1 Å². The first kappa shape index (κ1) is 17.6. The van der Waals surface area contributed by atoms with Crippen molar-refractivity contribution in [3.05, 3.63) is 24.3 Å². The highest BCUT2D eigenvalue weighted by atomic mass is 16.6. The largest absolute Gasteiger partial charge is 0.487 e. The van der Waals surface area contributed by atoms with Crippen molar-refractivity contribution in [1.29, 1.82) is 0 Å². The summed E-state index contributed by atoms with van der Waals surface area (Å²) in [7, 11) is 0. The van der Waals surface area contributed by atoms with Crippen LogP contribution in [0, 0.1) is 0 Å². The summed E-state index contributed by atoms with van der Waals surface area (Å²) in [6, 6.07) is 7.11. The zero-order valence-electron chi connectivity index (χ0n) is 14.2. The van der Waals surface area contributed by atoms with Crippen molar-refractivity contribution in [2.75, 3.05) is 13.2 Å². The number of carbonyl (C=O) groups excluding carboxylic acids is 2. The summed E-state index contributed by atoms with van der Waals surface area (Å²) in [5, 5.41) is 1.19. The van der Waals surface area contributed by atoms with Gasteiger partial charge < -0.3 is 18.9 Å². The van der Waals surface area contributed by atoms with Crippen LogP contribution in [-0.4, -0.2) is 25.2 Å². The molecule has 0 amide bonds. The summed E-state index contributed by atoms with van der Waals surface area (Å²) in [6.45, 7) is 6.87. The molecule has 0 spiro atoms. The molecule has 0 unspecified atom stereocenters. The Labute approximate surface area is 140 Å². The third-order valence-corrected chi connectivity index (χ3v) is 3.10. The molecule has 0 radical (unpaired) electrons. The summed E-state index contributed by atoms with van der Waals surface area (Å²) in [6.07, 6.45) is 0. The van der Waals surface area contributed by atoms with Crippen LogP contribution < -0.4 is 18.9 Å². The van der Waals surface area contributed by atoms with Gasteiger partial charge in [-0.15, -0.1) is 0 Å². The normalized spacial score (nSPS) is 10.3. The number of hydrogen-bond donors (Lipinski definition) is 0. The predicted octanol–water partition coefficient (Wildman–Crippen LogP) is 3.49. The van der Waals surface area contributed by atoms with E-state index in [9.17, 15) is 9.59 Å². The lowest BCUT2D eigenvalue weighted by Gasteiger charge is -2.20. The average Bonchev–Trinajstić information content (AvgIpc) is 2.53. The van der Waals surface area contributed by atoms with Gasteiger partial charge in [-0.05, 0) is 13.8 Å². The molecule has 0 heterocycles. The fraction of sp³-hybridized carbons (Fsp3) is 0.333. The smallest absolute Gasteiger partial charge is 0.308 e. The summed E-state index contributed by atoms with van der Waals surface area (Å²) in [5.74, 6) is 0.0141. The second kappa shape index (κ2) is 7.68. The van der Waals surface area contributed by atoms with Gasteiger partial charge in [0, 0.05) is 24.6 Å². The van der Waals surface area contributed by atoms with E-state index in [-0.39, 0.29) is 23.0 Å². The van der Waals surface area contributed by atoms with Gasteiger partial charge in [-0.25, -0.2) is 0 Å². The Kier molecular flexibility index (Phi) is 5.63. The average molecular weight is 332 g/mol.